The molecule has 1 aliphatic rings. The van der Waals surface area contributed by atoms with Crippen molar-refractivity contribution in [1.82, 2.24) is 4.72 Å². The minimum absolute atomic E-state index is 0.187. The summed E-state index contributed by atoms with van der Waals surface area (Å²) in [6.07, 6.45) is -3.05. The highest BCUT2D eigenvalue weighted by molar-refractivity contribution is 7.90. The third-order valence-corrected chi connectivity index (χ3v) is 6.38. The van der Waals surface area contributed by atoms with Gasteiger partial charge in [-0.05, 0) is 55.5 Å². The van der Waals surface area contributed by atoms with E-state index in [4.69, 9.17) is 4.42 Å². The average molecular weight is 387 g/mol. The standard InChI is InChI=1S/C18H20F3NO3S/c1-11(2)26(23,24)22-15-9-13-4-3-12(7-14(13)10-15)8-16-5-6-17(25-16)18(19,20)21/h3-7,11,15,22H,8-10H2,1-2H3. The first kappa shape index (κ1) is 19.0. The van der Waals surface area contributed by atoms with Crippen LogP contribution in [0.15, 0.2) is 34.7 Å². The molecular weight excluding hydrogens is 367 g/mol. The number of benzene rings is 1. The predicted molar refractivity (Wildman–Crippen MR) is 91.3 cm³/mol. The summed E-state index contributed by atoms with van der Waals surface area (Å²) in [7, 11) is -3.34. The maximum Gasteiger partial charge on any atom is 0.449 e. The van der Waals surface area contributed by atoms with Gasteiger partial charge in [0.25, 0.3) is 0 Å². The van der Waals surface area contributed by atoms with E-state index in [1.54, 1.807) is 13.8 Å². The van der Waals surface area contributed by atoms with E-state index in [1.807, 2.05) is 18.2 Å². The first-order valence-electron chi connectivity index (χ1n) is 8.32. The van der Waals surface area contributed by atoms with Crippen LogP contribution in [0.5, 0.6) is 0 Å². The van der Waals surface area contributed by atoms with E-state index in [0.29, 0.717) is 12.8 Å². The van der Waals surface area contributed by atoms with E-state index < -0.39 is 27.2 Å². The lowest BCUT2D eigenvalue weighted by molar-refractivity contribution is -0.153. The number of hydrogen-bond acceptors (Lipinski definition) is 3. The van der Waals surface area contributed by atoms with Gasteiger partial charge in [0.05, 0.1) is 5.25 Å². The second-order valence-electron chi connectivity index (χ2n) is 6.86. The summed E-state index contributed by atoms with van der Waals surface area (Å²) in [5, 5.41) is -0.497. The van der Waals surface area contributed by atoms with Gasteiger partial charge in [0.1, 0.15) is 5.76 Å². The molecule has 1 heterocycles. The number of nitrogens with one attached hydrogen (secondary N) is 1. The van der Waals surface area contributed by atoms with Crippen LogP contribution in [-0.4, -0.2) is 19.7 Å². The Morgan fingerprint density at radius 3 is 2.46 bits per heavy atom. The topological polar surface area (TPSA) is 59.3 Å². The third kappa shape index (κ3) is 4.12. The van der Waals surface area contributed by atoms with Crippen molar-refractivity contribution in [2.24, 2.45) is 0 Å². The van der Waals surface area contributed by atoms with Crippen molar-refractivity contribution in [1.29, 1.82) is 0 Å². The molecule has 0 saturated heterocycles. The van der Waals surface area contributed by atoms with Gasteiger partial charge in [-0.2, -0.15) is 13.2 Å². The molecule has 1 unspecified atom stereocenters. The Kier molecular flexibility index (Phi) is 4.92. The molecule has 2 aromatic rings. The van der Waals surface area contributed by atoms with Gasteiger partial charge < -0.3 is 4.42 Å². The second kappa shape index (κ2) is 6.74. The van der Waals surface area contributed by atoms with E-state index in [9.17, 15) is 21.6 Å². The highest BCUT2D eigenvalue weighted by Gasteiger charge is 2.34. The predicted octanol–water partition coefficient (Wildman–Crippen LogP) is 3.68. The molecule has 0 fully saturated rings. The molecule has 0 spiro atoms. The van der Waals surface area contributed by atoms with Crippen LogP contribution >= 0.6 is 0 Å². The summed E-state index contributed by atoms with van der Waals surface area (Å²) in [4.78, 5) is 0. The molecule has 1 aromatic carbocycles. The number of alkyl halides is 3. The van der Waals surface area contributed by atoms with Crippen LogP contribution in [0.25, 0.3) is 0 Å². The Morgan fingerprint density at radius 2 is 1.85 bits per heavy atom. The second-order valence-corrected chi connectivity index (χ2v) is 9.13. The van der Waals surface area contributed by atoms with Crippen molar-refractivity contribution in [3.63, 3.8) is 0 Å². The van der Waals surface area contributed by atoms with Crippen LogP contribution in [0.3, 0.4) is 0 Å². The minimum Gasteiger partial charge on any atom is -0.456 e. The number of rotatable bonds is 5. The Balaban J connectivity index is 1.70. The molecular formula is C18H20F3NO3S. The molecule has 26 heavy (non-hydrogen) atoms. The molecule has 3 rings (SSSR count). The molecule has 142 valence electrons. The Morgan fingerprint density at radius 1 is 1.15 bits per heavy atom. The Bertz CT molecular complexity index is 901. The fraction of sp³-hybridized carbons (Fsp3) is 0.444. The average Bonchev–Trinajstić information content (AvgIpc) is 3.12. The van der Waals surface area contributed by atoms with Crippen LogP contribution in [0, 0.1) is 0 Å². The van der Waals surface area contributed by atoms with Gasteiger partial charge in [-0.25, -0.2) is 13.1 Å². The summed E-state index contributed by atoms with van der Waals surface area (Å²) in [5.74, 6) is -0.760. The smallest absolute Gasteiger partial charge is 0.449 e. The molecule has 4 nitrogen and oxygen atoms in total. The molecule has 1 aliphatic carbocycles. The van der Waals surface area contributed by atoms with Crippen LogP contribution in [0.2, 0.25) is 0 Å². The molecule has 0 radical (unpaired) electrons. The van der Waals surface area contributed by atoms with Gasteiger partial charge in [0.2, 0.25) is 15.8 Å². The third-order valence-electron chi connectivity index (χ3n) is 4.47. The number of hydrogen-bond donors (Lipinski definition) is 1. The van der Waals surface area contributed by atoms with Crippen LogP contribution in [-0.2, 0) is 35.5 Å². The molecule has 1 aromatic heterocycles. The highest BCUT2D eigenvalue weighted by Crippen LogP contribution is 2.31. The number of halogens is 3. The SMILES string of the molecule is CC(C)S(=O)(=O)NC1Cc2ccc(Cc3ccc(C(F)(F)F)o3)cc2C1. The fourth-order valence-electron chi connectivity index (χ4n) is 3.06. The summed E-state index contributed by atoms with van der Waals surface area (Å²) in [6.45, 7) is 3.25. The van der Waals surface area contributed by atoms with Crippen molar-refractivity contribution in [3.8, 4) is 0 Å². The monoisotopic (exact) mass is 387 g/mol. The fourth-order valence-corrected chi connectivity index (χ4v) is 3.96. The summed E-state index contributed by atoms with van der Waals surface area (Å²) in [6, 6.07) is 7.73. The zero-order valence-corrected chi connectivity index (χ0v) is 15.2. The van der Waals surface area contributed by atoms with Gasteiger partial charge in [-0.1, -0.05) is 18.2 Å². The molecule has 0 aliphatic heterocycles. The number of fused-ring (bicyclic) bond motifs is 1. The number of furan rings is 1. The maximum atomic E-state index is 12.6. The van der Waals surface area contributed by atoms with E-state index >= 15 is 0 Å². The van der Waals surface area contributed by atoms with Crippen LogP contribution in [0.4, 0.5) is 13.2 Å². The minimum atomic E-state index is -4.49. The molecule has 0 amide bonds. The molecule has 8 heteroatoms. The van der Waals surface area contributed by atoms with Gasteiger partial charge in [-0.3, -0.25) is 0 Å². The van der Waals surface area contributed by atoms with Crippen molar-refractivity contribution in [2.45, 2.75) is 50.6 Å². The van der Waals surface area contributed by atoms with Crippen molar-refractivity contribution >= 4 is 10.0 Å². The quantitative estimate of drug-likeness (QED) is 0.851. The van der Waals surface area contributed by atoms with Crippen LogP contribution < -0.4 is 4.72 Å². The van der Waals surface area contributed by atoms with E-state index in [0.717, 1.165) is 22.8 Å². The zero-order valence-electron chi connectivity index (χ0n) is 14.4. The number of sulfonamides is 1. The lowest BCUT2D eigenvalue weighted by Gasteiger charge is -2.14. The van der Waals surface area contributed by atoms with Gasteiger partial charge >= 0.3 is 6.18 Å². The Hall–Kier alpha value is -1.80. The van der Waals surface area contributed by atoms with E-state index in [2.05, 4.69) is 4.72 Å². The van der Waals surface area contributed by atoms with Gasteiger partial charge in [0.15, 0.2) is 0 Å². The first-order valence-corrected chi connectivity index (χ1v) is 9.87. The van der Waals surface area contributed by atoms with Crippen molar-refractivity contribution < 1.29 is 26.0 Å². The Labute approximate surface area is 150 Å². The first-order chi connectivity index (χ1) is 12.0. The van der Waals surface area contributed by atoms with Gasteiger partial charge in [0, 0.05) is 12.5 Å². The summed E-state index contributed by atoms with van der Waals surface area (Å²) >= 11 is 0. The molecule has 1 atom stereocenters. The van der Waals surface area contributed by atoms with E-state index in [1.165, 1.54) is 6.07 Å². The van der Waals surface area contributed by atoms with Crippen LogP contribution in [0.1, 0.15) is 42.1 Å². The maximum absolute atomic E-state index is 12.6. The lowest BCUT2D eigenvalue weighted by atomic mass is 10.0. The largest absolute Gasteiger partial charge is 0.456 e. The zero-order chi connectivity index (χ0) is 19.1. The van der Waals surface area contributed by atoms with Gasteiger partial charge in [-0.15, -0.1) is 0 Å². The van der Waals surface area contributed by atoms with Crippen molar-refractivity contribution in [2.75, 3.05) is 0 Å². The van der Waals surface area contributed by atoms with Crippen molar-refractivity contribution in [3.05, 3.63) is 58.5 Å². The normalized spacial score (nSPS) is 17.7. The summed E-state index contributed by atoms with van der Waals surface area (Å²) in [5.41, 5.74) is 2.90. The molecule has 0 saturated carbocycles. The lowest BCUT2D eigenvalue weighted by Crippen LogP contribution is -2.39. The van der Waals surface area contributed by atoms with E-state index in [-0.39, 0.29) is 18.2 Å². The summed E-state index contributed by atoms with van der Waals surface area (Å²) < 4.78 is 69.4. The highest BCUT2D eigenvalue weighted by atomic mass is 32.2. The molecule has 0 bridgehead atoms. The molecule has 1 N–H and O–H groups in total.